The highest BCUT2D eigenvalue weighted by Gasteiger charge is 2.05. The number of aryl methyl sites for hydroxylation is 1. The molecule has 0 N–H and O–H groups in total. The van der Waals surface area contributed by atoms with Crippen LogP contribution < -0.4 is 0 Å². The van der Waals surface area contributed by atoms with Crippen LogP contribution in [0, 0.1) is 0 Å². The van der Waals surface area contributed by atoms with Crippen molar-refractivity contribution in [2.45, 2.75) is 13.3 Å². The van der Waals surface area contributed by atoms with Gasteiger partial charge in [-0.05, 0) is 40.6 Å². The molecule has 1 aromatic carbocycles. The zero-order chi connectivity index (χ0) is 12.4. The zero-order valence-corrected chi connectivity index (χ0v) is 11.0. The first-order chi connectivity index (χ1) is 8.86. The molecule has 0 saturated heterocycles. The summed E-state index contributed by atoms with van der Waals surface area (Å²) in [5, 5.41) is 2.20. The molecule has 18 heavy (non-hydrogen) atoms. The molecule has 0 aliphatic rings. The van der Waals surface area contributed by atoms with E-state index in [1.165, 1.54) is 21.6 Å². The molecule has 0 atom stereocenters. The molecule has 0 radical (unpaired) electrons. The van der Waals surface area contributed by atoms with Gasteiger partial charge < -0.3 is 4.42 Å². The normalized spacial score (nSPS) is 10.7. The molecule has 3 rings (SSSR count). The fourth-order valence-corrected chi connectivity index (χ4v) is 2.88. The van der Waals surface area contributed by atoms with Crippen LogP contribution >= 0.6 is 11.3 Å². The maximum Gasteiger partial charge on any atom is 0.0989 e. The molecule has 0 unspecified atom stereocenters. The molecular weight excluding hydrogens is 240 g/mol. The van der Waals surface area contributed by atoms with Crippen LogP contribution in [0.3, 0.4) is 0 Å². The van der Waals surface area contributed by atoms with Gasteiger partial charge in [0.15, 0.2) is 0 Å². The highest BCUT2D eigenvalue weighted by Crippen LogP contribution is 2.32. The first kappa shape index (κ1) is 11.3. The molecule has 0 amide bonds. The quantitative estimate of drug-likeness (QED) is 0.623. The Kier molecular flexibility index (Phi) is 3.03. The van der Waals surface area contributed by atoms with Crippen molar-refractivity contribution in [3.05, 3.63) is 59.9 Å². The average molecular weight is 254 g/mol. The van der Waals surface area contributed by atoms with Crippen LogP contribution in [-0.4, -0.2) is 0 Å². The summed E-state index contributed by atoms with van der Waals surface area (Å²) in [6.45, 7) is 2.18. The third kappa shape index (κ3) is 2.12. The number of hydrogen-bond donors (Lipinski definition) is 0. The first-order valence-electron chi connectivity index (χ1n) is 6.07. The van der Waals surface area contributed by atoms with Crippen molar-refractivity contribution in [2.75, 3.05) is 0 Å². The van der Waals surface area contributed by atoms with Gasteiger partial charge in [0.1, 0.15) is 0 Å². The Morgan fingerprint density at radius 3 is 2.50 bits per heavy atom. The van der Waals surface area contributed by atoms with Gasteiger partial charge in [0.05, 0.1) is 12.5 Å². The molecule has 3 aromatic rings. The Labute approximate surface area is 111 Å². The van der Waals surface area contributed by atoms with Crippen LogP contribution in [0.15, 0.2) is 58.7 Å². The zero-order valence-electron chi connectivity index (χ0n) is 10.2. The number of benzene rings is 1. The third-order valence-corrected chi connectivity index (χ3v) is 4.08. The van der Waals surface area contributed by atoms with Crippen molar-refractivity contribution < 1.29 is 4.42 Å². The minimum atomic E-state index is 1.09. The highest BCUT2D eigenvalue weighted by atomic mass is 32.1. The Morgan fingerprint density at radius 1 is 1.00 bits per heavy atom. The molecule has 1 nitrogen and oxygen atoms in total. The molecule has 0 aliphatic heterocycles. The maximum atomic E-state index is 5.12. The van der Waals surface area contributed by atoms with E-state index >= 15 is 0 Å². The van der Waals surface area contributed by atoms with Crippen LogP contribution in [0.2, 0.25) is 0 Å². The van der Waals surface area contributed by atoms with Crippen molar-refractivity contribution >= 4 is 11.3 Å². The molecule has 0 fully saturated rings. The van der Waals surface area contributed by atoms with Crippen molar-refractivity contribution in [3.63, 3.8) is 0 Å². The topological polar surface area (TPSA) is 13.1 Å². The van der Waals surface area contributed by atoms with E-state index in [2.05, 4.69) is 42.6 Å². The lowest BCUT2D eigenvalue weighted by atomic mass is 10.1. The molecule has 0 saturated carbocycles. The largest absolute Gasteiger partial charge is 0.472 e. The summed E-state index contributed by atoms with van der Waals surface area (Å²) in [6.07, 6.45) is 4.59. The van der Waals surface area contributed by atoms with Crippen LogP contribution in [0.1, 0.15) is 12.5 Å². The predicted molar refractivity (Wildman–Crippen MR) is 76.8 cm³/mol. The Bertz CT molecular complexity index is 617. The first-order valence-corrected chi connectivity index (χ1v) is 6.95. The molecule has 0 bridgehead atoms. The molecule has 2 aromatic heterocycles. The Morgan fingerprint density at radius 2 is 1.83 bits per heavy atom. The second kappa shape index (κ2) is 4.83. The van der Waals surface area contributed by atoms with Crippen LogP contribution in [0.4, 0.5) is 0 Å². The summed E-state index contributed by atoms with van der Waals surface area (Å²) in [4.78, 5) is 1.25. The van der Waals surface area contributed by atoms with E-state index in [1.807, 2.05) is 6.07 Å². The standard InChI is InChI=1S/C16H14OS/c1-2-12-3-5-13(6-4-12)15-9-16(18-11-15)14-7-8-17-10-14/h3-11H,2H2,1H3. The minimum Gasteiger partial charge on any atom is -0.472 e. The van der Waals surface area contributed by atoms with Gasteiger partial charge in [0.2, 0.25) is 0 Å². The van der Waals surface area contributed by atoms with Gasteiger partial charge in [0, 0.05) is 10.4 Å². The summed E-state index contributed by atoms with van der Waals surface area (Å²) < 4.78 is 5.12. The van der Waals surface area contributed by atoms with Crippen LogP contribution in [0.25, 0.3) is 21.6 Å². The number of furan rings is 1. The second-order valence-corrected chi connectivity index (χ2v) is 5.17. The fourth-order valence-electron chi connectivity index (χ4n) is 1.98. The van der Waals surface area contributed by atoms with E-state index in [1.54, 1.807) is 23.9 Å². The van der Waals surface area contributed by atoms with Crippen molar-refractivity contribution in [1.29, 1.82) is 0 Å². The van der Waals surface area contributed by atoms with Gasteiger partial charge in [0.25, 0.3) is 0 Å². The molecular formula is C16H14OS. The van der Waals surface area contributed by atoms with E-state index in [-0.39, 0.29) is 0 Å². The monoisotopic (exact) mass is 254 g/mol. The fraction of sp³-hybridized carbons (Fsp3) is 0.125. The van der Waals surface area contributed by atoms with Gasteiger partial charge in [-0.3, -0.25) is 0 Å². The Balaban J connectivity index is 1.92. The second-order valence-electron chi connectivity index (χ2n) is 4.26. The lowest BCUT2D eigenvalue weighted by Gasteiger charge is -1.99. The van der Waals surface area contributed by atoms with Crippen molar-refractivity contribution in [2.24, 2.45) is 0 Å². The van der Waals surface area contributed by atoms with Crippen molar-refractivity contribution in [3.8, 4) is 21.6 Å². The van der Waals surface area contributed by atoms with Crippen molar-refractivity contribution in [1.82, 2.24) is 0 Å². The lowest BCUT2D eigenvalue weighted by Crippen LogP contribution is -1.79. The highest BCUT2D eigenvalue weighted by molar-refractivity contribution is 7.14. The van der Waals surface area contributed by atoms with Gasteiger partial charge in [-0.15, -0.1) is 11.3 Å². The molecule has 0 aliphatic carbocycles. The molecule has 90 valence electrons. The number of rotatable bonds is 3. The SMILES string of the molecule is CCc1ccc(-c2csc(-c3ccoc3)c2)cc1. The third-order valence-electron chi connectivity index (χ3n) is 3.10. The van der Waals surface area contributed by atoms with E-state index in [4.69, 9.17) is 4.42 Å². The summed E-state index contributed by atoms with van der Waals surface area (Å²) in [6, 6.07) is 13.0. The van der Waals surface area contributed by atoms with E-state index in [9.17, 15) is 0 Å². The minimum absolute atomic E-state index is 1.09. The van der Waals surface area contributed by atoms with E-state index < -0.39 is 0 Å². The summed E-state index contributed by atoms with van der Waals surface area (Å²) >= 11 is 1.75. The molecule has 2 heteroatoms. The maximum absolute atomic E-state index is 5.12. The lowest BCUT2D eigenvalue weighted by molar-refractivity contribution is 0.568. The summed E-state index contributed by atoms with van der Waals surface area (Å²) in [7, 11) is 0. The average Bonchev–Trinajstić information content (AvgIpc) is 3.09. The van der Waals surface area contributed by atoms with Gasteiger partial charge in [-0.1, -0.05) is 31.2 Å². The van der Waals surface area contributed by atoms with E-state index in [0.717, 1.165) is 12.0 Å². The van der Waals surface area contributed by atoms with Gasteiger partial charge >= 0.3 is 0 Å². The van der Waals surface area contributed by atoms with Gasteiger partial charge in [-0.2, -0.15) is 0 Å². The summed E-state index contributed by atoms with van der Waals surface area (Å²) in [5.41, 5.74) is 5.08. The van der Waals surface area contributed by atoms with Gasteiger partial charge in [-0.25, -0.2) is 0 Å². The smallest absolute Gasteiger partial charge is 0.0989 e. The molecule has 0 spiro atoms. The Hall–Kier alpha value is -1.80. The molecule has 2 heterocycles. The van der Waals surface area contributed by atoms with Crippen LogP contribution in [-0.2, 0) is 6.42 Å². The predicted octanol–water partition coefficient (Wildman–Crippen LogP) is 5.24. The van der Waals surface area contributed by atoms with Crippen LogP contribution in [0.5, 0.6) is 0 Å². The summed E-state index contributed by atoms with van der Waals surface area (Å²) in [5.74, 6) is 0. The number of hydrogen-bond acceptors (Lipinski definition) is 2. The van der Waals surface area contributed by atoms with E-state index in [0.29, 0.717) is 0 Å². The number of thiophene rings is 1.